The zero-order valence-electron chi connectivity index (χ0n) is 11.8. The average Bonchev–Trinajstić information content (AvgIpc) is 2.28. The second-order valence-corrected chi connectivity index (χ2v) is 7.11. The minimum absolute atomic E-state index is 0.00931. The number of thiocarbonyl (C=S) groups is 1. The Hall–Kier alpha value is -0.200. The Morgan fingerprint density at radius 2 is 1.83 bits per heavy atom. The quantitative estimate of drug-likeness (QED) is 0.663. The van der Waals surface area contributed by atoms with Gasteiger partial charge in [-0.3, -0.25) is 0 Å². The molecule has 2 N–H and O–H groups in total. The Bertz CT molecular complexity index is 355. The van der Waals surface area contributed by atoms with Crippen LogP contribution in [0.3, 0.4) is 0 Å². The van der Waals surface area contributed by atoms with Crippen molar-refractivity contribution < 1.29 is 8.42 Å². The molecule has 18 heavy (non-hydrogen) atoms. The fourth-order valence-corrected chi connectivity index (χ4v) is 4.45. The molecule has 0 saturated carbocycles. The van der Waals surface area contributed by atoms with Gasteiger partial charge in [-0.25, -0.2) is 8.42 Å². The van der Waals surface area contributed by atoms with Crippen LogP contribution < -0.4 is 5.73 Å². The zero-order valence-corrected chi connectivity index (χ0v) is 13.5. The fraction of sp³-hybridized carbons (Fsp3) is 0.917. The lowest BCUT2D eigenvalue weighted by atomic mass is 10.2. The van der Waals surface area contributed by atoms with Crippen molar-refractivity contribution >= 4 is 27.2 Å². The van der Waals surface area contributed by atoms with Gasteiger partial charge < -0.3 is 5.73 Å². The molecule has 0 radical (unpaired) electrons. The molecule has 0 bridgehead atoms. The van der Waals surface area contributed by atoms with Crippen LogP contribution in [0, 0.1) is 0 Å². The number of hydrogen-bond acceptors (Lipinski definition) is 3. The van der Waals surface area contributed by atoms with Crippen molar-refractivity contribution in [1.82, 2.24) is 4.31 Å². The molecule has 0 aromatic rings. The van der Waals surface area contributed by atoms with Gasteiger partial charge in [0, 0.05) is 12.6 Å². The Kier molecular flexibility index (Phi) is 7.98. The molecule has 0 spiro atoms. The van der Waals surface area contributed by atoms with E-state index in [-0.39, 0.29) is 11.0 Å². The Labute approximate surface area is 117 Å². The Morgan fingerprint density at radius 3 is 2.17 bits per heavy atom. The highest BCUT2D eigenvalue weighted by Gasteiger charge is 2.34. The van der Waals surface area contributed by atoms with Crippen molar-refractivity contribution in [2.75, 3.05) is 6.54 Å². The predicted octanol–water partition coefficient (Wildman–Crippen LogP) is 2.28. The summed E-state index contributed by atoms with van der Waals surface area (Å²) in [6, 6.07) is -0.00931. The molecule has 0 saturated heterocycles. The zero-order chi connectivity index (χ0) is 14.3. The summed E-state index contributed by atoms with van der Waals surface area (Å²) in [6.07, 6.45) is 3.04. The second kappa shape index (κ2) is 8.07. The number of unbranched alkanes of at least 4 members (excludes halogenated alkanes) is 1. The van der Waals surface area contributed by atoms with Crippen molar-refractivity contribution in [2.45, 2.75) is 64.7 Å². The number of hydrogen-bond donors (Lipinski definition) is 1. The van der Waals surface area contributed by atoms with Gasteiger partial charge in [-0.2, -0.15) is 4.31 Å². The van der Waals surface area contributed by atoms with Crippen molar-refractivity contribution in [2.24, 2.45) is 5.73 Å². The summed E-state index contributed by atoms with van der Waals surface area (Å²) in [5.41, 5.74) is 5.57. The maximum absolute atomic E-state index is 12.6. The van der Waals surface area contributed by atoms with Crippen LogP contribution in [0.4, 0.5) is 0 Å². The van der Waals surface area contributed by atoms with Gasteiger partial charge in [-0.15, -0.1) is 0 Å². The van der Waals surface area contributed by atoms with Crippen LogP contribution >= 0.6 is 12.2 Å². The van der Waals surface area contributed by atoms with Crippen LogP contribution in [0.1, 0.15) is 53.4 Å². The lowest BCUT2D eigenvalue weighted by Crippen LogP contribution is -2.48. The predicted molar refractivity (Wildman–Crippen MR) is 81.2 cm³/mol. The lowest BCUT2D eigenvalue weighted by molar-refractivity contribution is 0.322. The molecule has 0 aliphatic heterocycles. The van der Waals surface area contributed by atoms with E-state index >= 15 is 0 Å². The number of nitrogens with two attached hydrogens (primary N) is 1. The summed E-state index contributed by atoms with van der Waals surface area (Å²) in [6.45, 7) is 8.32. The van der Waals surface area contributed by atoms with E-state index in [1.165, 1.54) is 0 Å². The molecule has 0 aromatic carbocycles. The van der Waals surface area contributed by atoms with E-state index in [0.717, 1.165) is 19.3 Å². The fourth-order valence-electron chi connectivity index (χ4n) is 1.84. The van der Waals surface area contributed by atoms with Crippen molar-refractivity contribution in [3.05, 3.63) is 0 Å². The lowest BCUT2D eigenvalue weighted by Gasteiger charge is -2.31. The maximum Gasteiger partial charge on any atom is 0.223 e. The third-order valence-electron chi connectivity index (χ3n) is 3.19. The van der Waals surface area contributed by atoms with E-state index in [1.807, 2.05) is 20.8 Å². The first-order valence-electron chi connectivity index (χ1n) is 6.62. The molecule has 4 nitrogen and oxygen atoms in total. The van der Waals surface area contributed by atoms with E-state index in [0.29, 0.717) is 13.0 Å². The molecule has 2 unspecified atom stereocenters. The first kappa shape index (κ1) is 17.8. The van der Waals surface area contributed by atoms with Gasteiger partial charge in [-0.1, -0.05) is 39.4 Å². The molecule has 0 fully saturated rings. The number of nitrogens with zero attached hydrogens (tertiary/aromatic N) is 1. The highest BCUT2D eigenvalue weighted by molar-refractivity contribution is 7.92. The third kappa shape index (κ3) is 4.48. The van der Waals surface area contributed by atoms with Crippen LogP contribution in [0.15, 0.2) is 0 Å². The van der Waals surface area contributed by atoms with Crippen molar-refractivity contribution in [3.8, 4) is 0 Å². The third-order valence-corrected chi connectivity index (χ3v) is 6.13. The molecule has 0 aliphatic rings. The van der Waals surface area contributed by atoms with Gasteiger partial charge >= 0.3 is 0 Å². The van der Waals surface area contributed by atoms with Crippen molar-refractivity contribution in [1.29, 1.82) is 0 Å². The summed E-state index contributed by atoms with van der Waals surface area (Å²) < 4.78 is 26.7. The van der Waals surface area contributed by atoms with Crippen LogP contribution in [0.2, 0.25) is 0 Å². The summed E-state index contributed by atoms with van der Waals surface area (Å²) in [7, 11) is -3.43. The molecule has 6 heteroatoms. The molecular weight excluding hydrogens is 268 g/mol. The minimum Gasteiger partial charge on any atom is -0.392 e. The summed E-state index contributed by atoms with van der Waals surface area (Å²) in [5, 5.41) is -0.738. The van der Waals surface area contributed by atoms with Crippen LogP contribution in [-0.4, -0.2) is 35.5 Å². The van der Waals surface area contributed by atoms with Crippen LogP contribution in [0.25, 0.3) is 0 Å². The summed E-state index contributed by atoms with van der Waals surface area (Å²) in [5.74, 6) is 0. The van der Waals surface area contributed by atoms with Crippen LogP contribution in [-0.2, 0) is 10.0 Å². The first-order chi connectivity index (χ1) is 8.32. The monoisotopic (exact) mass is 294 g/mol. The largest absolute Gasteiger partial charge is 0.392 e. The highest BCUT2D eigenvalue weighted by Crippen LogP contribution is 2.18. The van der Waals surface area contributed by atoms with E-state index < -0.39 is 15.3 Å². The van der Waals surface area contributed by atoms with E-state index in [1.54, 1.807) is 11.2 Å². The molecule has 108 valence electrons. The molecule has 2 atom stereocenters. The SMILES string of the molecule is CCCCN(C(C)CC)S(=O)(=O)C(CC)C(N)=S. The summed E-state index contributed by atoms with van der Waals surface area (Å²) >= 11 is 4.89. The van der Waals surface area contributed by atoms with Gasteiger partial charge in [0.05, 0.1) is 4.99 Å². The molecule has 0 heterocycles. The average molecular weight is 294 g/mol. The van der Waals surface area contributed by atoms with Gasteiger partial charge in [-0.05, 0) is 26.2 Å². The normalized spacial score (nSPS) is 15.6. The highest BCUT2D eigenvalue weighted by atomic mass is 32.2. The molecule has 0 aromatic heterocycles. The standard InChI is InChI=1S/C12H26N2O2S2/c1-5-8-9-14(10(4)6-2)18(15,16)11(7-3)12(13)17/h10-11H,5-9H2,1-4H3,(H2,13,17). The molecule has 0 rings (SSSR count). The minimum atomic E-state index is -3.43. The first-order valence-corrected chi connectivity index (χ1v) is 8.53. The molecule has 0 amide bonds. The van der Waals surface area contributed by atoms with Crippen LogP contribution in [0.5, 0.6) is 0 Å². The van der Waals surface area contributed by atoms with Gasteiger partial charge in [0.1, 0.15) is 5.25 Å². The van der Waals surface area contributed by atoms with E-state index in [9.17, 15) is 8.42 Å². The van der Waals surface area contributed by atoms with Gasteiger partial charge in [0.25, 0.3) is 0 Å². The number of rotatable bonds is 9. The Balaban J connectivity index is 5.23. The van der Waals surface area contributed by atoms with Gasteiger partial charge in [0.15, 0.2) is 0 Å². The van der Waals surface area contributed by atoms with E-state index in [2.05, 4.69) is 0 Å². The number of sulfonamides is 1. The summed E-state index contributed by atoms with van der Waals surface area (Å²) in [4.78, 5) is 0.0716. The molecule has 0 aliphatic carbocycles. The second-order valence-electron chi connectivity index (χ2n) is 4.57. The smallest absolute Gasteiger partial charge is 0.223 e. The van der Waals surface area contributed by atoms with Gasteiger partial charge in [0.2, 0.25) is 10.0 Å². The molecular formula is C12H26N2O2S2. The Morgan fingerprint density at radius 1 is 1.28 bits per heavy atom. The van der Waals surface area contributed by atoms with Crippen molar-refractivity contribution in [3.63, 3.8) is 0 Å². The topological polar surface area (TPSA) is 63.4 Å². The van der Waals surface area contributed by atoms with E-state index in [4.69, 9.17) is 18.0 Å². The maximum atomic E-state index is 12.6.